The van der Waals surface area contributed by atoms with Gasteiger partial charge in [0.25, 0.3) is 0 Å². The molecule has 0 N–H and O–H groups in total. The van der Waals surface area contributed by atoms with Crippen molar-refractivity contribution < 1.29 is 0 Å². The smallest absolute Gasteiger partial charge is 0.0302 e. The van der Waals surface area contributed by atoms with Crippen LogP contribution in [0.1, 0.15) is 33.1 Å². The fourth-order valence-electron chi connectivity index (χ4n) is 2.59. The van der Waals surface area contributed by atoms with Crippen LogP contribution >= 0.6 is 0 Å². The Bertz CT molecular complexity index is 278. The molecule has 0 saturated carbocycles. The maximum absolute atomic E-state index is 2.60. The van der Waals surface area contributed by atoms with E-state index in [-0.39, 0.29) is 0 Å². The summed E-state index contributed by atoms with van der Waals surface area (Å²) in [7, 11) is 0. The van der Waals surface area contributed by atoms with Gasteiger partial charge in [0.1, 0.15) is 0 Å². The minimum atomic E-state index is 0.695. The highest BCUT2D eigenvalue weighted by Gasteiger charge is 2.18. The van der Waals surface area contributed by atoms with Gasteiger partial charge in [-0.15, -0.1) is 0 Å². The molecule has 0 radical (unpaired) electrons. The van der Waals surface area contributed by atoms with Crippen LogP contribution in [0, 0.1) is 0 Å². The van der Waals surface area contributed by atoms with Gasteiger partial charge in [-0.1, -0.05) is 12.2 Å². The zero-order valence-electron chi connectivity index (χ0n) is 10.7. The zero-order chi connectivity index (χ0) is 11.4. The molecule has 0 amide bonds. The first-order valence-electron chi connectivity index (χ1n) is 6.62. The zero-order valence-corrected chi connectivity index (χ0v) is 10.7. The Labute approximate surface area is 99.6 Å². The predicted molar refractivity (Wildman–Crippen MR) is 69.4 cm³/mol. The van der Waals surface area contributed by atoms with Crippen molar-refractivity contribution in [3.8, 4) is 0 Å². The van der Waals surface area contributed by atoms with Crippen LogP contribution in [0.4, 0.5) is 0 Å². The molecule has 0 aromatic carbocycles. The van der Waals surface area contributed by atoms with Gasteiger partial charge in [-0.25, -0.2) is 0 Å². The molecule has 1 saturated heterocycles. The topological polar surface area (TPSA) is 6.48 Å². The van der Waals surface area contributed by atoms with E-state index in [4.69, 9.17) is 0 Å². The lowest BCUT2D eigenvalue weighted by Crippen LogP contribution is -2.35. The second-order valence-corrected chi connectivity index (χ2v) is 5.10. The van der Waals surface area contributed by atoms with E-state index in [0.29, 0.717) is 6.04 Å². The van der Waals surface area contributed by atoms with Crippen molar-refractivity contribution in [1.82, 2.24) is 9.80 Å². The van der Waals surface area contributed by atoms with Gasteiger partial charge in [-0.3, -0.25) is 4.90 Å². The van der Waals surface area contributed by atoms with Crippen molar-refractivity contribution >= 4 is 0 Å². The number of nitrogens with zero attached hydrogens (tertiary/aromatic N) is 2. The Morgan fingerprint density at radius 1 is 1.12 bits per heavy atom. The van der Waals surface area contributed by atoms with E-state index in [1.165, 1.54) is 45.4 Å². The molecule has 0 atom stereocenters. The van der Waals surface area contributed by atoms with Crippen LogP contribution in [0.2, 0.25) is 0 Å². The predicted octanol–water partition coefficient (Wildman–Crippen LogP) is 2.64. The summed E-state index contributed by atoms with van der Waals surface area (Å²) in [5.41, 5.74) is 1.55. The van der Waals surface area contributed by atoms with Crippen molar-refractivity contribution in [2.24, 2.45) is 0 Å². The van der Waals surface area contributed by atoms with Crippen LogP contribution in [0.15, 0.2) is 23.9 Å². The molecule has 1 aliphatic carbocycles. The Morgan fingerprint density at radius 2 is 2.00 bits per heavy atom. The minimum absolute atomic E-state index is 0.695. The molecule has 2 rings (SSSR count). The molecule has 0 aromatic rings. The summed E-state index contributed by atoms with van der Waals surface area (Å²) in [4.78, 5) is 5.19. The van der Waals surface area contributed by atoms with Gasteiger partial charge in [0, 0.05) is 37.9 Å². The molecule has 2 aliphatic rings. The van der Waals surface area contributed by atoms with Crippen molar-refractivity contribution in [2.45, 2.75) is 39.2 Å². The maximum atomic E-state index is 2.60. The molecule has 0 aromatic heterocycles. The second-order valence-electron chi connectivity index (χ2n) is 5.10. The lowest BCUT2D eigenvalue weighted by molar-refractivity contribution is 0.228. The van der Waals surface area contributed by atoms with Crippen LogP contribution in [-0.4, -0.2) is 42.0 Å². The molecule has 0 spiro atoms. The first-order chi connectivity index (χ1) is 7.77. The first-order valence-corrected chi connectivity index (χ1v) is 6.62. The molecular weight excluding hydrogens is 196 g/mol. The summed E-state index contributed by atoms with van der Waals surface area (Å²) in [6, 6.07) is 0.695. The van der Waals surface area contributed by atoms with Gasteiger partial charge in [-0.2, -0.15) is 0 Å². The lowest BCUT2D eigenvalue weighted by Gasteiger charge is -2.28. The van der Waals surface area contributed by atoms with E-state index in [1.54, 1.807) is 5.70 Å². The Hall–Kier alpha value is -0.760. The van der Waals surface area contributed by atoms with Crippen LogP contribution in [-0.2, 0) is 0 Å². The second kappa shape index (κ2) is 5.53. The van der Waals surface area contributed by atoms with E-state index in [9.17, 15) is 0 Å². The van der Waals surface area contributed by atoms with Gasteiger partial charge in [0.15, 0.2) is 0 Å². The highest BCUT2D eigenvalue weighted by atomic mass is 15.2. The normalized spacial score (nSPS) is 23.4. The number of hydrogen-bond donors (Lipinski definition) is 0. The molecule has 1 aliphatic heterocycles. The van der Waals surface area contributed by atoms with Gasteiger partial charge >= 0.3 is 0 Å². The highest BCUT2D eigenvalue weighted by molar-refractivity contribution is 5.17. The lowest BCUT2D eigenvalue weighted by atomic mass is 10.1. The fraction of sp³-hybridized carbons (Fsp3) is 0.714. The maximum Gasteiger partial charge on any atom is 0.0302 e. The molecular formula is C14H24N2. The average molecular weight is 220 g/mol. The summed E-state index contributed by atoms with van der Waals surface area (Å²) in [6.07, 6.45) is 10.5. The van der Waals surface area contributed by atoms with E-state index < -0.39 is 0 Å². The summed E-state index contributed by atoms with van der Waals surface area (Å²) < 4.78 is 0. The molecule has 0 unspecified atom stereocenters. The summed E-state index contributed by atoms with van der Waals surface area (Å²) in [5.74, 6) is 0. The van der Waals surface area contributed by atoms with E-state index in [0.717, 1.165) is 0 Å². The van der Waals surface area contributed by atoms with Gasteiger partial charge in [0.2, 0.25) is 0 Å². The van der Waals surface area contributed by atoms with Crippen molar-refractivity contribution in [3.63, 3.8) is 0 Å². The monoisotopic (exact) mass is 220 g/mol. The van der Waals surface area contributed by atoms with Crippen molar-refractivity contribution in [3.05, 3.63) is 23.9 Å². The molecule has 1 fully saturated rings. The van der Waals surface area contributed by atoms with Crippen molar-refractivity contribution in [2.75, 3.05) is 26.2 Å². The minimum Gasteiger partial charge on any atom is -0.373 e. The van der Waals surface area contributed by atoms with Crippen LogP contribution in [0.3, 0.4) is 0 Å². The molecule has 2 nitrogen and oxygen atoms in total. The molecule has 1 heterocycles. The SMILES string of the molecule is CC(C)N1CCCN(C2=CC=CCC2)CC1. The highest BCUT2D eigenvalue weighted by Crippen LogP contribution is 2.18. The quantitative estimate of drug-likeness (QED) is 0.706. The van der Waals surface area contributed by atoms with Gasteiger partial charge in [-0.05, 0) is 39.2 Å². The number of hydrogen-bond acceptors (Lipinski definition) is 2. The Kier molecular flexibility index (Phi) is 4.05. The fourth-order valence-corrected chi connectivity index (χ4v) is 2.59. The van der Waals surface area contributed by atoms with Crippen molar-refractivity contribution in [1.29, 1.82) is 0 Å². The Balaban J connectivity index is 1.93. The summed E-state index contributed by atoms with van der Waals surface area (Å²) in [5, 5.41) is 0. The average Bonchev–Trinajstić information content (AvgIpc) is 2.55. The largest absolute Gasteiger partial charge is 0.373 e. The van der Waals surface area contributed by atoms with Crippen LogP contribution in [0.25, 0.3) is 0 Å². The molecule has 0 bridgehead atoms. The van der Waals surface area contributed by atoms with Crippen LogP contribution < -0.4 is 0 Å². The molecule has 2 heteroatoms. The third kappa shape index (κ3) is 2.88. The summed E-state index contributed by atoms with van der Waals surface area (Å²) in [6.45, 7) is 9.54. The molecule has 90 valence electrons. The van der Waals surface area contributed by atoms with Gasteiger partial charge in [0.05, 0.1) is 0 Å². The molecule has 16 heavy (non-hydrogen) atoms. The Morgan fingerprint density at radius 3 is 2.69 bits per heavy atom. The van der Waals surface area contributed by atoms with E-state index in [2.05, 4.69) is 41.9 Å². The third-order valence-electron chi connectivity index (χ3n) is 3.66. The first kappa shape index (κ1) is 11.7. The van der Waals surface area contributed by atoms with E-state index in [1.807, 2.05) is 0 Å². The van der Waals surface area contributed by atoms with Crippen LogP contribution in [0.5, 0.6) is 0 Å². The van der Waals surface area contributed by atoms with Gasteiger partial charge < -0.3 is 4.90 Å². The van der Waals surface area contributed by atoms with E-state index >= 15 is 0 Å². The number of allylic oxidation sites excluding steroid dienone is 4. The summed E-state index contributed by atoms with van der Waals surface area (Å²) >= 11 is 0. The third-order valence-corrected chi connectivity index (χ3v) is 3.66. The number of rotatable bonds is 2. The standard InChI is InChI=1S/C14H24N2/c1-13(2)15-9-6-10-16(12-11-15)14-7-4-3-5-8-14/h3-4,7,13H,5-6,8-12H2,1-2H3.